The highest BCUT2D eigenvalue weighted by Gasteiger charge is 2.21. The van der Waals surface area contributed by atoms with Crippen molar-refractivity contribution in [2.24, 2.45) is 12.8 Å². The minimum absolute atomic E-state index is 0.149. The molecule has 5 rings (SSSR count). The van der Waals surface area contributed by atoms with Gasteiger partial charge >= 0.3 is 0 Å². The van der Waals surface area contributed by atoms with E-state index in [4.69, 9.17) is 10.8 Å². The zero-order valence-corrected chi connectivity index (χ0v) is 18.8. The Kier molecular flexibility index (Phi) is 4.77. The summed E-state index contributed by atoms with van der Waals surface area (Å²) < 4.78 is 5.51. The van der Waals surface area contributed by atoms with Crippen molar-refractivity contribution in [2.75, 3.05) is 0 Å². The van der Waals surface area contributed by atoms with Crippen LogP contribution in [0.1, 0.15) is 41.6 Å². The Hall–Kier alpha value is -4.34. The van der Waals surface area contributed by atoms with E-state index in [0.29, 0.717) is 11.3 Å². The summed E-state index contributed by atoms with van der Waals surface area (Å²) in [5.74, 6) is -0.418. The Balaban J connectivity index is 1.70. The molecule has 0 aromatic carbocycles. The van der Waals surface area contributed by atoms with Crippen LogP contribution in [0.15, 0.2) is 49.3 Å². The third kappa shape index (κ3) is 3.45. The quantitative estimate of drug-likeness (QED) is 0.447. The molecule has 1 amide bonds. The maximum atomic E-state index is 11.5. The molecule has 0 unspecified atom stereocenters. The van der Waals surface area contributed by atoms with Gasteiger partial charge in [-0.15, -0.1) is 0 Å². The van der Waals surface area contributed by atoms with Crippen molar-refractivity contribution < 1.29 is 4.79 Å². The molecule has 0 bridgehead atoms. The molecule has 0 radical (unpaired) electrons. The maximum absolute atomic E-state index is 11.5. The largest absolute Gasteiger partial charge is 0.364 e. The fourth-order valence-corrected chi connectivity index (χ4v) is 3.91. The van der Waals surface area contributed by atoms with Gasteiger partial charge in [-0.05, 0) is 31.0 Å². The predicted molar refractivity (Wildman–Crippen MR) is 123 cm³/mol. The van der Waals surface area contributed by atoms with Crippen LogP contribution in [0.25, 0.3) is 33.7 Å². The van der Waals surface area contributed by atoms with Crippen LogP contribution in [0, 0.1) is 6.92 Å². The fourth-order valence-electron chi connectivity index (χ4n) is 3.91. The van der Waals surface area contributed by atoms with Gasteiger partial charge in [0.05, 0.1) is 46.4 Å². The average Bonchev–Trinajstić information content (AvgIpc) is 3.51. The number of hydrogen-bond acceptors (Lipinski definition) is 6. The Morgan fingerprint density at radius 1 is 1.09 bits per heavy atom. The van der Waals surface area contributed by atoms with Crippen molar-refractivity contribution in [1.82, 2.24) is 39.1 Å². The number of primary amides is 1. The normalized spacial score (nSPS) is 11.5. The van der Waals surface area contributed by atoms with Crippen molar-refractivity contribution >= 4 is 16.9 Å². The summed E-state index contributed by atoms with van der Waals surface area (Å²) >= 11 is 0. The van der Waals surface area contributed by atoms with Gasteiger partial charge in [0.15, 0.2) is 5.65 Å². The predicted octanol–water partition coefficient (Wildman–Crippen LogP) is 2.93. The number of hydrogen-bond donors (Lipinski definition) is 1. The molecule has 2 N–H and O–H groups in total. The molecule has 0 fully saturated rings. The number of fused-ring (bicyclic) bond motifs is 1. The lowest BCUT2D eigenvalue weighted by Crippen LogP contribution is -2.14. The molecular formula is C23H23N9O. The summed E-state index contributed by atoms with van der Waals surface area (Å²) in [6.07, 6.45) is 9.23. The first-order valence-corrected chi connectivity index (χ1v) is 10.5. The van der Waals surface area contributed by atoms with Gasteiger partial charge in [-0.1, -0.05) is 13.8 Å². The van der Waals surface area contributed by atoms with Crippen LogP contribution in [0.3, 0.4) is 0 Å². The standard InChI is InChI=1S/C23H23N9O/c1-13(2)21-20-19(31-11-17(26-12-31)15-9-27-30(4)10-15)7-8-25-23(20)32(29-21)18-6-5-16(22(24)33)28-14(18)3/h5-13H,1-4H3,(H2,24,33). The van der Waals surface area contributed by atoms with Gasteiger partial charge in [0, 0.05) is 31.2 Å². The molecule has 10 nitrogen and oxygen atoms in total. The molecule has 10 heteroatoms. The number of aryl methyl sites for hydroxylation is 2. The molecule has 0 spiro atoms. The fraction of sp³-hybridized carbons (Fsp3) is 0.217. The van der Waals surface area contributed by atoms with Gasteiger partial charge in [0.1, 0.15) is 5.69 Å². The summed E-state index contributed by atoms with van der Waals surface area (Å²) in [6, 6.07) is 5.36. The SMILES string of the molecule is Cc1nc(C(N)=O)ccc1-n1nc(C(C)C)c2c(-n3cnc(-c4cnn(C)c4)c3)ccnc21. The molecule has 0 atom stereocenters. The Morgan fingerprint density at radius 2 is 1.91 bits per heavy atom. The van der Waals surface area contributed by atoms with Crippen LogP contribution in [0.2, 0.25) is 0 Å². The van der Waals surface area contributed by atoms with Crippen molar-refractivity contribution in [3.8, 4) is 22.6 Å². The third-order valence-electron chi connectivity index (χ3n) is 5.52. The van der Waals surface area contributed by atoms with Crippen molar-refractivity contribution in [2.45, 2.75) is 26.7 Å². The molecule has 0 aliphatic rings. The molecule has 5 aromatic heterocycles. The number of rotatable bonds is 5. The van der Waals surface area contributed by atoms with E-state index in [0.717, 1.165) is 33.7 Å². The topological polar surface area (TPSA) is 122 Å². The van der Waals surface area contributed by atoms with Crippen LogP contribution in [0.5, 0.6) is 0 Å². The van der Waals surface area contributed by atoms with Gasteiger partial charge in [-0.2, -0.15) is 10.2 Å². The lowest BCUT2D eigenvalue weighted by molar-refractivity contribution is 0.0995. The summed E-state index contributed by atoms with van der Waals surface area (Å²) in [4.78, 5) is 25.1. The minimum Gasteiger partial charge on any atom is -0.364 e. The van der Waals surface area contributed by atoms with E-state index in [-0.39, 0.29) is 11.6 Å². The zero-order valence-electron chi connectivity index (χ0n) is 18.8. The van der Waals surface area contributed by atoms with Crippen LogP contribution < -0.4 is 5.73 Å². The van der Waals surface area contributed by atoms with Gasteiger partial charge < -0.3 is 10.3 Å². The van der Waals surface area contributed by atoms with Gasteiger partial charge in [-0.3, -0.25) is 9.48 Å². The van der Waals surface area contributed by atoms with E-state index in [1.807, 2.05) is 37.0 Å². The van der Waals surface area contributed by atoms with Crippen LogP contribution in [-0.2, 0) is 7.05 Å². The molecule has 166 valence electrons. The van der Waals surface area contributed by atoms with E-state index in [9.17, 15) is 4.79 Å². The second-order valence-electron chi connectivity index (χ2n) is 8.21. The highest BCUT2D eigenvalue weighted by atomic mass is 16.1. The molecule has 5 aromatic rings. The number of carbonyl (C=O) groups excluding carboxylic acids is 1. The van der Waals surface area contributed by atoms with E-state index < -0.39 is 5.91 Å². The first-order chi connectivity index (χ1) is 15.8. The second-order valence-corrected chi connectivity index (χ2v) is 8.21. The number of pyridine rings is 2. The Bertz CT molecular complexity index is 1510. The molecular weight excluding hydrogens is 418 g/mol. The van der Waals surface area contributed by atoms with Crippen LogP contribution in [0.4, 0.5) is 0 Å². The Morgan fingerprint density at radius 3 is 2.58 bits per heavy atom. The number of imidazole rings is 1. The van der Waals surface area contributed by atoms with Crippen molar-refractivity contribution in [3.05, 3.63) is 66.4 Å². The first-order valence-electron chi connectivity index (χ1n) is 10.5. The number of aromatic nitrogens is 8. The zero-order chi connectivity index (χ0) is 23.3. The number of carbonyl (C=O) groups is 1. The highest BCUT2D eigenvalue weighted by molar-refractivity contribution is 5.91. The van der Waals surface area contributed by atoms with Gasteiger partial charge in [0.25, 0.3) is 5.91 Å². The number of amides is 1. The second kappa shape index (κ2) is 7.66. The maximum Gasteiger partial charge on any atom is 0.267 e. The summed E-state index contributed by atoms with van der Waals surface area (Å²) in [7, 11) is 1.88. The first kappa shape index (κ1) is 20.6. The molecule has 5 heterocycles. The summed E-state index contributed by atoms with van der Waals surface area (Å²) in [5.41, 5.74) is 11.3. The lowest BCUT2D eigenvalue weighted by Gasteiger charge is -2.08. The van der Waals surface area contributed by atoms with E-state index in [2.05, 4.69) is 33.9 Å². The van der Waals surface area contributed by atoms with Gasteiger partial charge in [-0.25, -0.2) is 19.6 Å². The van der Waals surface area contributed by atoms with Gasteiger partial charge in [0.2, 0.25) is 0 Å². The summed E-state index contributed by atoms with van der Waals surface area (Å²) in [5, 5.41) is 10.1. The average molecular weight is 441 g/mol. The number of nitrogens with zero attached hydrogens (tertiary/aromatic N) is 8. The van der Waals surface area contributed by atoms with Crippen LogP contribution in [-0.4, -0.2) is 45.0 Å². The molecule has 33 heavy (non-hydrogen) atoms. The Labute approximate surface area is 189 Å². The van der Waals surface area contributed by atoms with Crippen LogP contribution >= 0.6 is 0 Å². The lowest BCUT2D eigenvalue weighted by atomic mass is 10.1. The monoisotopic (exact) mass is 441 g/mol. The minimum atomic E-state index is -0.567. The van der Waals surface area contributed by atoms with E-state index in [1.165, 1.54) is 0 Å². The van der Waals surface area contributed by atoms with Crippen molar-refractivity contribution in [3.63, 3.8) is 0 Å². The smallest absolute Gasteiger partial charge is 0.267 e. The number of nitrogens with two attached hydrogens (primary N) is 1. The third-order valence-corrected chi connectivity index (χ3v) is 5.52. The molecule has 0 saturated carbocycles. The van der Waals surface area contributed by atoms with Crippen molar-refractivity contribution in [1.29, 1.82) is 0 Å². The molecule has 0 saturated heterocycles. The van der Waals surface area contributed by atoms with E-state index in [1.54, 1.807) is 40.2 Å². The highest BCUT2D eigenvalue weighted by Crippen LogP contribution is 2.32. The van der Waals surface area contributed by atoms with E-state index >= 15 is 0 Å². The molecule has 0 aliphatic heterocycles. The molecule has 0 aliphatic carbocycles. The summed E-state index contributed by atoms with van der Waals surface area (Å²) in [6.45, 7) is 6.02.